The van der Waals surface area contributed by atoms with Crippen LogP contribution < -0.4 is 0 Å². The highest BCUT2D eigenvalue weighted by Gasteiger charge is 2.18. The minimum Gasteiger partial charge on any atom is -0.456 e. The van der Waals surface area contributed by atoms with Crippen LogP contribution in [-0.4, -0.2) is 18.7 Å². The van der Waals surface area contributed by atoms with Gasteiger partial charge in [-0.1, -0.05) is 61.8 Å². The summed E-state index contributed by atoms with van der Waals surface area (Å²) < 4.78 is 11.4. The van der Waals surface area contributed by atoms with E-state index in [0.717, 1.165) is 12.0 Å². The molecular formula is C20H23ClO3. The average Bonchev–Trinajstić information content (AvgIpc) is 2.55. The summed E-state index contributed by atoms with van der Waals surface area (Å²) in [5.74, 6) is 0.0361. The monoisotopic (exact) mass is 346 g/mol. The zero-order valence-electron chi connectivity index (χ0n) is 14.1. The molecule has 24 heavy (non-hydrogen) atoms. The lowest BCUT2D eigenvalue weighted by Crippen LogP contribution is -2.25. The second-order valence-corrected chi connectivity index (χ2v) is 6.60. The number of carbonyl (C=O) groups excluding carboxylic acids is 1. The van der Waals surface area contributed by atoms with E-state index in [-0.39, 0.29) is 12.1 Å². The lowest BCUT2D eigenvalue weighted by Gasteiger charge is -2.20. The van der Waals surface area contributed by atoms with Crippen molar-refractivity contribution in [1.29, 1.82) is 0 Å². The summed E-state index contributed by atoms with van der Waals surface area (Å²) in [5.41, 5.74) is 1.56. The van der Waals surface area contributed by atoms with Crippen LogP contribution in [0.2, 0.25) is 5.02 Å². The van der Waals surface area contributed by atoms with Crippen molar-refractivity contribution < 1.29 is 14.3 Å². The summed E-state index contributed by atoms with van der Waals surface area (Å²) in [6, 6.07) is 16.7. The van der Waals surface area contributed by atoms with Gasteiger partial charge in [-0.3, -0.25) is 0 Å². The van der Waals surface area contributed by atoms with Gasteiger partial charge in [0.25, 0.3) is 0 Å². The Morgan fingerprint density at radius 1 is 1.08 bits per heavy atom. The van der Waals surface area contributed by atoms with Gasteiger partial charge in [-0.2, -0.15) is 0 Å². The first-order chi connectivity index (χ1) is 11.5. The molecule has 4 heteroatoms. The van der Waals surface area contributed by atoms with E-state index in [1.54, 1.807) is 24.3 Å². The highest BCUT2D eigenvalue weighted by atomic mass is 35.5. The fourth-order valence-corrected chi connectivity index (χ4v) is 2.58. The van der Waals surface area contributed by atoms with Crippen molar-refractivity contribution in [2.45, 2.75) is 33.0 Å². The minimum atomic E-state index is -0.369. The van der Waals surface area contributed by atoms with Gasteiger partial charge in [0.05, 0.1) is 18.8 Å². The van der Waals surface area contributed by atoms with Gasteiger partial charge in [0.15, 0.2) is 0 Å². The van der Waals surface area contributed by atoms with Crippen molar-refractivity contribution in [3.8, 4) is 0 Å². The molecule has 2 aromatic carbocycles. The Kier molecular flexibility index (Phi) is 7.29. The molecule has 2 aromatic rings. The van der Waals surface area contributed by atoms with Crippen molar-refractivity contribution in [2.75, 3.05) is 6.61 Å². The van der Waals surface area contributed by atoms with Crippen LogP contribution >= 0.6 is 11.6 Å². The SMILES string of the molecule is CC(C)CC(COCc1ccccc1)OC(=O)c1cccc(Cl)c1. The van der Waals surface area contributed by atoms with Crippen LogP contribution in [0.3, 0.4) is 0 Å². The number of esters is 1. The first-order valence-electron chi connectivity index (χ1n) is 8.13. The van der Waals surface area contributed by atoms with Gasteiger partial charge in [0, 0.05) is 5.02 Å². The van der Waals surface area contributed by atoms with Crippen LogP contribution in [0.5, 0.6) is 0 Å². The van der Waals surface area contributed by atoms with E-state index < -0.39 is 0 Å². The quantitative estimate of drug-likeness (QED) is 0.622. The molecule has 0 spiro atoms. The first kappa shape index (κ1) is 18.5. The molecule has 2 rings (SSSR count). The van der Waals surface area contributed by atoms with Gasteiger partial charge in [-0.15, -0.1) is 0 Å². The molecule has 1 unspecified atom stereocenters. The van der Waals surface area contributed by atoms with Crippen molar-refractivity contribution >= 4 is 17.6 Å². The van der Waals surface area contributed by atoms with Crippen molar-refractivity contribution in [3.05, 3.63) is 70.7 Å². The molecule has 0 aromatic heterocycles. The molecule has 0 amide bonds. The van der Waals surface area contributed by atoms with Crippen LogP contribution in [-0.2, 0) is 16.1 Å². The summed E-state index contributed by atoms with van der Waals surface area (Å²) >= 11 is 5.93. The van der Waals surface area contributed by atoms with Crippen LogP contribution in [0.25, 0.3) is 0 Å². The number of hydrogen-bond acceptors (Lipinski definition) is 3. The van der Waals surface area contributed by atoms with Gasteiger partial charge >= 0.3 is 5.97 Å². The van der Waals surface area contributed by atoms with E-state index in [1.165, 1.54) is 0 Å². The van der Waals surface area contributed by atoms with Gasteiger partial charge in [-0.25, -0.2) is 4.79 Å². The maximum absolute atomic E-state index is 12.3. The summed E-state index contributed by atoms with van der Waals surface area (Å²) in [7, 11) is 0. The van der Waals surface area contributed by atoms with Crippen LogP contribution in [0.4, 0.5) is 0 Å². The van der Waals surface area contributed by atoms with Crippen LogP contribution in [0.15, 0.2) is 54.6 Å². The number of benzene rings is 2. The molecule has 0 fully saturated rings. The third kappa shape index (κ3) is 6.34. The largest absolute Gasteiger partial charge is 0.456 e. The Labute approximate surface area is 148 Å². The molecular weight excluding hydrogens is 324 g/mol. The van der Waals surface area contributed by atoms with Gasteiger partial charge in [-0.05, 0) is 36.1 Å². The van der Waals surface area contributed by atoms with E-state index in [2.05, 4.69) is 13.8 Å². The molecule has 128 valence electrons. The number of hydrogen-bond donors (Lipinski definition) is 0. The van der Waals surface area contributed by atoms with Crippen molar-refractivity contribution in [2.24, 2.45) is 5.92 Å². The molecule has 0 saturated carbocycles. The molecule has 0 radical (unpaired) electrons. The average molecular weight is 347 g/mol. The smallest absolute Gasteiger partial charge is 0.338 e. The third-order valence-electron chi connectivity index (χ3n) is 3.48. The fourth-order valence-electron chi connectivity index (χ4n) is 2.39. The highest BCUT2D eigenvalue weighted by molar-refractivity contribution is 6.30. The molecule has 3 nitrogen and oxygen atoms in total. The zero-order chi connectivity index (χ0) is 17.4. The Morgan fingerprint density at radius 2 is 1.83 bits per heavy atom. The van der Waals surface area contributed by atoms with Gasteiger partial charge < -0.3 is 9.47 Å². The molecule has 0 N–H and O–H groups in total. The lowest BCUT2D eigenvalue weighted by molar-refractivity contribution is -0.0147. The molecule has 0 heterocycles. The van der Waals surface area contributed by atoms with Crippen molar-refractivity contribution in [1.82, 2.24) is 0 Å². The topological polar surface area (TPSA) is 35.5 Å². The Bertz CT molecular complexity index is 640. The van der Waals surface area contributed by atoms with Gasteiger partial charge in [0.1, 0.15) is 6.10 Å². The summed E-state index contributed by atoms with van der Waals surface area (Å²) in [6.45, 7) is 5.07. The van der Waals surface area contributed by atoms with Gasteiger partial charge in [0.2, 0.25) is 0 Å². The molecule has 0 aliphatic heterocycles. The minimum absolute atomic E-state index is 0.278. The predicted molar refractivity (Wildman–Crippen MR) is 96.2 cm³/mol. The van der Waals surface area contributed by atoms with E-state index >= 15 is 0 Å². The normalized spacial score (nSPS) is 12.2. The summed E-state index contributed by atoms with van der Waals surface area (Å²) in [6.07, 6.45) is 0.473. The van der Waals surface area contributed by atoms with Crippen LogP contribution in [0.1, 0.15) is 36.2 Å². The van der Waals surface area contributed by atoms with E-state index in [4.69, 9.17) is 21.1 Å². The third-order valence-corrected chi connectivity index (χ3v) is 3.72. The number of halogens is 1. The maximum atomic E-state index is 12.3. The second-order valence-electron chi connectivity index (χ2n) is 6.17. The Hall–Kier alpha value is -1.84. The van der Waals surface area contributed by atoms with Crippen molar-refractivity contribution in [3.63, 3.8) is 0 Å². The number of rotatable bonds is 8. The molecule has 0 aliphatic rings. The Morgan fingerprint density at radius 3 is 2.50 bits per heavy atom. The molecule has 0 saturated heterocycles. The fraction of sp³-hybridized carbons (Fsp3) is 0.350. The Balaban J connectivity index is 1.91. The van der Waals surface area contributed by atoms with E-state index in [1.807, 2.05) is 30.3 Å². The standard InChI is InChI=1S/C20H23ClO3/c1-15(2)11-19(14-23-13-16-7-4-3-5-8-16)24-20(22)17-9-6-10-18(21)12-17/h3-10,12,15,19H,11,13-14H2,1-2H3. The first-order valence-corrected chi connectivity index (χ1v) is 8.50. The predicted octanol–water partition coefficient (Wildman–Crippen LogP) is 5.13. The maximum Gasteiger partial charge on any atom is 0.338 e. The van der Waals surface area contributed by atoms with E-state index in [0.29, 0.717) is 29.7 Å². The molecule has 0 aliphatic carbocycles. The lowest BCUT2D eigenvalue weighted by atomic mass is 10.1. The second kappa shape index (κ2) is 9.45. The number of ether oxygens (including phenoxy) is 2. The summed E-state index contributed by atoms with van der Waals surface area (Å²) in [5, 5.41) is 0.519. The number of carbonyl (C=O) groups is 1. The van der Waals surface area contributed by atoms with E-state index in [9.17, 15) is 4.79 Å². The summed E-state index contributed by atoms with van der Waals surface area (Å²) in [4.78, 5) is 12.3. The zero-order valence-corrected chi connectivity index (χ0v) is 14.8. The molecule has 1 atom stereocenters. The molecule has 0 bridgehead atoms. The van der Waals surface area contributed by atoms with Crippen LogP contribution in [0, 0.1) is 5.92 Å². The highest BCUT2D eigenvalue weighted by Crippen LogP contribution is 2.15.